The number of nitrogens with one attached hydrogen (secondary N) is 2. The van der Waals surface area contributed by atoms with Crippen LogP contribution in [-0.2, 0) is 9.59 Å². The fourth-order valence-corrected chi connectivity index (χ4v) is 3.88. The summed E-state index contributed by atoms with van der Waals surface area (Å²) in [6, 6.07) is 10.1. The van der Waals surface area contributed by atoms with Gasteiger partial charge in [-0.2, -0.15) is 5.26 Å². The highest BCUT2D eigenvalue weighted by Crippen LogP contribution is 2.36. The lowest BCUT2D eigenvalue weighted by atomic mass is 9.87. The highest BCUT2D eigenvalue weighted by atomic mass is 32.2. The van der Waals surface area contributed by atoms with Crippen molar-refractivity contribution in [1.82, 2.24) is 10.6 Å². The Bertz CT molecular complexity index is 736. The van der Waals surface area contributed by atoms with Gasteiger partial charge in [-0.1, -0.05) is 37.7 Å². The molecule has 0 spiro atoms. The minimum Gasteiger partial charge on any atom is -0.355 e. The smallest absolute Gasteiger partial charge is 0.230 e. The van der Waals surface area contributed by atoms with Gasteiger partial charge in [-0.15, -0.1) is 11.8 Å². The molecule has 0 radical (unpaired) electrons. The summed E-state index contributed by atoms with van der Waals surface area (Å²) in [5.74, 6) is 0.0417. The summed E-state index contributed by atoms with van der Waals surface area (Å²) in [5.41, 5.74) is 1.46. The van der Waals surface area contributed by atoms with E-state index in [0.717, 1.165) is 10.5 Å². The maximum Gasteiger partial charge on any atom is 0.230 e. The number of nitriles is 1. The molecule has 1 atom stereocenters. The molecule has 0 aromatic heterocycles. The predicted octanol–water partition coefficient (Wildman–Crippen LogP) is 3.25. The van der Waals surface area contributed by atoms with Crippen LogP contribution in [0.5, 0.6) is 0 Å². The van der Waals surface area contributed by atoms with Gasteiger partial charge in [0.1, 0.15) is 0 Å². The van der Waals surface area contributed by atoms with Crippen molar-refractivity contribution in [2.45, 2.75) is 31.1 Å². The third-order valence-electron chi connectivity index (χ3n) is 3.93. The predicted molar refractivity (Wildman–Crippen MR) is 107 cm³/mol. The lowest BCUT2D eigenvalue weighted by molar-refractivity contribution is -0.121. The van der Waals surface area contributed by atoms with Gasteiger partial charge < -0.3 is 10.6 Å². The van der Waals surface area contributed by atoms with Gasteiger partial charge in [0.15, 0.2) is 0 Å². The number of hydrogen-bond donors (Lipinski definition) is 2. The normalized spacial score (nSPS) is 17.0. The Morgan fingerprint density at radius 3 is 2.65 bits per heavy atom. The number of hydrogen-bond acceptors (Lipinski definition) is 5. The molecule has 1 heterocycles. The molecule has 2 N–H and O–H groups in total. The van der Waals surface area contributed by atoms with Crippen LogP contribution in [0.4, 0.5) is 0 Å². The number of thioether (sulfide) groups is 2. The zero-order valence-electron chi connectivity index (χ0n) is 15.2. The number of amides is 2. The molecule has 1 aromatic rings. The molecule has 1 aliphatic heterocycles. The second-order valence-corrected chi connectivity index (χ2v) is 8.28. The van der Waals surface area contributed by atoms with Crippen molar-refractivity contribution >= 4 is 35.3 Å². The summed E-state index contributed by atoms with van der Waals surface area (Å²) < 4.78 is 0. The van der Waals surface area contributed by atoms with Crippen LogP contribution in [0, 0.1) is 17.2 Å². The minimum absolute atomic E-state index is 0.103. The highest BCUT2D eigenvalue weighted by Gasteiger charge is 2.29. The number of benzene rings is 1. The van der Waals surface area contributed by atoms with E-state index in [1.165, 1.54) is 11.8 Å². The molecule has 0 aliphatic carbocycles. The van der Waals surface area contributed by atoms with E-state index >= 15 is 0 Å². The third kappa shape index (κ3) is 5.55. The Morgan fingerprint density at radius 2 is 2.08 bits per heavy atom. The van der Waals surface area contributed by atoms with Crippen molar-refractivity contribution in [3.05, 3.63) is 40.4 Å². The molecule has 26 heavy (non-hydrogen) atoms. The van der Waals surface area contributed by atoms with E-state index in [9.17, 15) is 14.9 Å². The molecule has 0 bridgehead atoms. The van der Waals surface area contributed by atoms with Crippen LogP contribution in [0.2, 0.25) is 0 Å². The topological polar surface area (TPSA) is 82.0 Å². The first-order valence-electron chi connectivity index (χ1n) is 8.42. The Labute approximate surface area is 163 Å². The van der Waals surface area contributed by atoms with Gasteiger partial charge >= 0.3 is 0 Å². The number of carbonyl (C=O) groups excluding carboxylic acids is 2. The molecule has 0 fully saturated rings. The molecule has 7 heteroatoms. The van der Waals surface area contributed by atoms with Crippen molar-refractivity contribution in [3.8, 4) is 6.07 Å². The SMILES string of the molecule is CSc1ccc([C@@H]2CC(=O)NC(SCC(=O)NCC(C)C)=C2C#N)cc1. The van der Waals surface area contributed by atoms with Gasteiger partial charge in [-0.05, 0) is 29.9 Å². The summed E-state index contributed by atoms with van der Waals surface area (Å²) in [4.78, 5) is 25.2. The summed E-state index contributed by atoms with van der Waals surface area (Å²) in [6.07, 6.45) is 2.24. The second-order valence-electron chi connectivity index (χ2n) is 6.42. The number of rotatable bonds is 7. The standard InChI is InChI=1S/C19H23N3O2S2/c1-12(2)10-21-18(24)11-26-19-16(9-20)15(8-17(23)22-19)13-4-6-14(25-3)7-5-13/h4-7,12,15H,8,10-11H2,1-3H3,(H,21,24)(H,22,23)/t15-/m0/s1. The van der Waals surface area contributed by atoms with Crippen molar-refractivity contribution in [2.24, 2.45) is 5.92 Å². The van der Waals surface area contributed by atoms with Crippen molar-refractivity contribution in [1.29, 1.82) is 5.26 Å². The number of nitrogens with zero attached hydrogens (tertiary/aromatic N) is 1. The largest absolute Gasteiger partial charge is 0.355 e. The van der Waals surface area contributed by atoms with Gasteiger partial charge in [0.25, 0.3) is 0 Å². The molecule has 2 rings (SSSR count). The Kier molecular flexibility index (Phi) is 7.61. The number of carbonyl (C=O) groups is 2. The van der Waals surface area contributed by atoms with Crippen LogP contribution in [0.15, 0.2) is 39.8 Å². The maximum atomic E-state index is 12.1. The monoisotopic (exact) mass is 389 g/mol. The third-order valence-corrected chi connectivity index (χ3v) is 5.69. The van der Waals surface area contributed by atoms with Crippen LogP contribution >= 0.6 is 23.5 Å². The van der Waals surface area contributed by atoms with E-state index in [0.29, 0.717) is 23.1 Å². The second kappa shape index (κ2) is 9.70. The summed E-state index contributed by atoms with van der Waals surface area (Å²) in [7, 11) is 0. The van der Waals surface area contributed by atoms with E-state index in [1.54, 1.807) is 11.8 Å². The molecule has 0 unspecified atom stereocenters. The molecular formula is C19H23N3O2S2. The Hall–Kier alpha value is -1.91. The van der Waals surface area contributed by atoms with Crippen molar-refractivity contribution < 1.29 is 9.59 Å². The summed E-state index contributed by atoms with van der Waals surface area (Å²) >= 11 is 2.85. The molecule has 0 saturated heterocycles. The highest BCUT2D eigenvalue weighted by molar-refractivity contribution is 8.03. The average molecular weight is 390 g/mol. The first-order chi connectivity index (χ1) is 12.4. The first kappa shape index (κ1) is 20.4. The van der Waals surface area contributed by atoms with Crippen molar-refractivity contribution in [3.63, 3.8) is 0 Å². The zero-order valence-corrected chi connectivity index (χ0v) is 16.8. The molecular weight excluding hydrogens is 366 g/mol. The number of allylic oxidation sites excluding steroid dienone is 1. The van der Waals surface area contributed by atoms with Crippen LogP contribution in [0.3, 0.4) is 0 Å². The van der Waals surface area contributed by atoms with E-state index in [1.807, 2.05) is 44.4 Å². The van der Waals surface area contributed by atoms with Gasteiger partial charge in [-0.3, -0.25) is 9.59 Å². The van der Waals surface area contributed by atoms with Crippen LogP contribution in [-0.4, -0.2) is 30.4 Å². The van der Waals surface area contributed by atoms with E-state index < -0.39 is 0 Å². The first-order valence-corrected chi connectivity index (χ1v) is 10.6. The van der Waals surface area contributed by atoms with Gasteiger partial charge in [0, 0.05) is 23.8 Å². The van der Waals surface area contributed by atoms with Crippen LogP contribution in [0.1, 0.15) is 31.7 Å². The van der Waals surface area contributed by atoms with Gasteiger partial charge in [-0.25, -0.2) is 0 Å². The van der Waals surface area contributed by atoms with Gasteiger partial charge in [0.05, 0.1) is 22.4 Å². The molecule has 138 valence electrons. The maximum absolute atomic E-state index is 12.1. The summed E-state index contributed by atoms with van der Waals surface area (Å²) in [6.45, 7) is 4.66. The Balaban J connectivity index is 2.16. The molecule has 1 aliphatic rings. The molecule has 0 saturated carbocycles. The zero-order chi connectivity index (χ0) is 19.1. The minimum atomic E-state index is -0.272. The molecule has 2 amide bonds. The van der Waals surface area contributed by atoms with Gasteiger partial charge in [0.2, 0.25) is 11.8 Å². The van der Waals surface area contributed by atoms with Crippen LogP contribution in [0.25, 0.3) is 0 Å². The molecule has 1 aromatic carbocycles. The van der Waals surface area contributed by atoms with E-state index in [-0.39, 0.29) is 29.9 Å². The fourth-order valence-electron chi connectivity index (χ4n) is 2.56. The lowest BCUT2D eigenvalue weighted by Gasteiger charge is -2.25. The fraction of sp³-hybridized carbons (Fsp3) is 0.421. The summed E-state index contributed by atoms with van der Waals surface area (Å²) in [5, 5.41) is 15.7. The van der Waals surface area contributed by atoms with Crippen molar-refractivity contribution in [2.75, 3.05) is 18.6 Å². The molecule has 5 nitrogen and oxygen atoms in total. The average Bonchev–Trinajstić information content (AvgIpc) is 2.64. The van der Waals surface area contributed by atoms with E-state index in [2.05, 4.69) is 16.7 Å². The Morgan fingerprint density at radius 1 is 1.38 bits per heavy atom. The van der Waals surface area contributed by atoms with E-state index in [4.69, 9.17) is 0 Å². The lowest BCUT2D eigenvalue weighted by Crippen LogP contribution is -2.33. The quantitative estimate of drug-likeness (QED) is 0.700. The van der Waals surface area contributed by atoms with Crippen LogP contribution < -0.4 is 10.6 Å².